The van der Waals surface area contributed by atoms with E-state index in [4.69, 9.17) is 0 Å². The van der Waals surface area contributed by atoms with E-state index in [9.17, 15) is 0 Å². The van der Waals surface area contributed by atoms with Gasteiger partial charge in [0.25, 0.3) is 0 Å². The minimum absolute atomic E-state index is 1.00. The van der Waals surface area contributed by atoms with E-state index in [-0.39, 0.29) is 0 Å². The van der Waals surface area contributed by atoms with Crippen LogP contribution in [-0.4, -0.2) is 0 Å². The van der Waals surface area contributed by atoms with Gasteiger partial charge in [0.2, 0.25) is 0 Å². The number of hydrogen-bond acceptors (Lipinski definition) is 0. The van der Waals surface area contributed by atoms with E-state index in [2.05, 4.69) is 20.8 Å². The summed E-state index contributed by atoms with van der Waals surface area (Å²) in [5.41, 5.74) is 0. The van der Waals surface area contributed by atoms with Crippen LogP contribution < -0.4 is 0 Å². The third kappa shape index (κ3) is 5.58. The molecule has 0 N–H and O–H groups in total. The average molecular weight is 212 g/mol. The van der Waals surface area contributed by atoms with Crippen LogP contribution in [0.3, 0.4) is 0 Å². The van der Waals surface area contributed by atoms with Gasteiger partial charge in [-0.15, -0.1) is 0 Å². The lowest BCUT2D eigenvalue weighted by molar-refractivity contribution is 0.190. The van der Waals surface area contributed by atoms with Crippen molar-refractivity contribution in [2.24, 2.45) is 17.8 Å². The smallest absolute Gasteiger partial charge is 0.0383 e. The molecule has 92 valence electrons. The first kappa shape index (κ1) is 15.0. The van der Waals surface area contributed by atoms with Gasteiger partial charge < -0.3 is 0 Å². The highest BCUT2D eigenvalue weighted by Gasteiger charge is 2.24. The Labute approximate surface area is 97.8 Å². The average Bonchev–Trinajstić information content (AvgIpc) is 2.28. The van der Waals surface area contributed by atoms with E-state index in [0.717, 1.165) is 17.8 Å². The lowest BCUT2D eigenvalue weighted by atomic mass is 9.73. The quantitative estimate of drug-likeness (QED) is 0.563. The Hall–Kier alpha value is 0. The molecular weight excluding hydrogens is 180 g/mol. The first-order valence-electron chi connectivity index (χ1n) is 7.27. The Kier molecular flexibility index (Phi) is 9.24. The zero-order chi connectivity index (χ0) is 11.7. The molecule has 1 rings (SSSR count). The van der Waals surface area contributed by atoms with Gasteiger partial charge in [-0.1, -0.05) is 73.1 Å². The van der Waals surface area contributed by atoms with Crippen molar-refractivity contribution in [3.05, 3.63) is 0 Å². The highest BCUT2D eigenvalue weighted by molar-refractivity contribution is 4.76. The summed E-state index contributed by atoms with van der Waals surface area (Å²) in [4.78, 5) is 0. The SMILES string of the molecule is CC.CCCC(CC)C1CCCC(C)C1. The molecule has 0 aromatic rings. The Balaban J connectivity index is 0.000000921. The molecule has 3 atom stereocenters. The molecular formula is C15H32. The van der Waals surface area contributed by atoms with E-state index in [1.807, 2.05) is 13.8 Å². The van der Waals surface area contributed by atoms with Crippen LogP contribution in [0.5, 0.6) is 0 Å². The predicted octanol–water partition coefficient (Wildman–Crippen LogP) is 5.67. The maximum absolute atomic E-state index is 2.44. The fraction of sp³-hybridized carbons (Fsp3) is 1.00. The third-order valence-electron chi connectivity index (χ3n) is 3.83. The molecule has 0 nitrogen and oxygen atoms in total. The van der Waals surface area contributed by atoms with Gasteiger partial charge in [0, 0.05) is 0 Å². The predicted molar refractivity (Wildman–Crippen MR) is 71.2 cm³/mol. The van der Waals surface area contributed by atoms with Gasteiger partial charge in [0.1, 0.15) is 0 Å². The monoisotopic (exact) mass is 212 g/mol. The molecule has 1 aliphatic rings. The second kappa shape index (κ2) is 9.24. The van der Waals surface area contributed by atoms with Gasteiger partial charge in [-0.3, -0.25) is 0 Å². The van der Waals surface area contributed by atoms with Gasteiger partial charge in [0.05, 0.1) is 0 Å². The van der Waals surface area contributed by atoms with Gasteiger partial charge >= 0.3 is 0 Å². The molecule has 3 unspecified atom stereocenters. The fourth-order valence-corrected chi connectivity index (χ4v) is 3.05. The molecule has 0 aromatic carbocycles. The summed E-state index contributed by atoms with van der Waals surface area (Å²) in [7, 11) is 0. The van der Waals surface area contributed by atoms with Crippen LogP contribution in [0, 0.1) is 17.8 Å². The Morgan fingerprint density at radius 2 is 1.80 bits per heavy atom. The number of rotatable bonds is 4. The molecule has 0 heteroatoms. The normalized spacial score (nSPS) is 27.8. The molecule has 0 aromatic heterocycles. The number of hydrogen-bond donors (Lipinski definition) is 0. The van der Waals surface area contributed by atoms with E-state index in [1.165, 1.54) is 44.9 Å². The van der Waals surface area contributed by atoms with Crippen molar-refractivity contribution in [3.63, 3.8) is 0 Å². The van der Waals surface area contributed by atoms with Crippen molar-refractivity contribution >= 4 is 0 Å². The molecule has 0 aliphatic heterocycles. The molecule has 1 saturated carbocycles. The molecule has 1 aliphatic carbocycles. The molecule has 0 heterocycles. The molecule has 1 fully saturated rings. The Morgan fingerprint density at radius 3 is 2.27 bits per heavy atom. The third-order valence-corrected chi connectivity index (χ3v) is 3.83. The van der Waals surface area contributed by atoms with E-state index >= 15 is 0 Å². The second-order valence-electron chi connectivity index (χ2n) is 4.99. The van der Waals surface area contributed by atoms with Crippen LogP contribution in [-0.2, 0) is 0 Å². The minimum atomic E-state index is 1.00. The Morgan fingerprint density at radius 1 is 1.13 bits per heavy atom. The molecule has 0 bridgehead atoms. The van der Waals surface area contributed by atoms with E-state index < -0.39 is 0 Å². The Bertz CT molecular complexity index is 128. The van der Waals surface area contributed by atoms with Crippen molar-refractivity contribution in [2.45, 2.75) is 79.6 Å². The minimum Gasteiger partial charge on any atom is -0.0683 e. The van der Waals surface area contributed by atoms with Crippen LogP contribution in [0.15, 0.2) is 0 Å². The van der Waals surface area contributed by atoms with Crippen molar-refractivity contribution in [1.82, 2.24) is 0 Å². The first-order chi connectivity index (χ1) is 7.27. The second-order valence-corrected chi connectivity index (χ2v) is 4.99. The van der Waals surface area contributed by atoms with Crippen molar-refractivity contribution in [1.29, 1.82) is 0 Å². The summed E-state index contributed by atoms with van der Waals surface area (Å²) in [6, 6.07) is 0. The lowest BCUT2D eigenvalue weighted by Crippen LogP contribution is -2.21. The van der Waals surface area contributed by atoms with Crippen LogP contribution in [0.1, 0.15) is 79.6 Å². The van der Waals surface area contributed by atoms with E-state index in [0.29, 0.717) is 0 Å². The highest BCUT2D eigenvalue weighted by Crippen LogP contribution is 2.36. The fourth-order valence-electron chi connectivity index (χ4n) is 3.05. The van der Waals surface area contributed by atoms with Crippen LogP contribution >= 0.6 is 0 Å². The first-order valence-corrected chi connectivity index (χ1v) is 7.27. The summed E-state index contributed by atoms with van der Waals surface area (Å²) in [5, 5.41) is 0. The van der Waals surface area contributed by atoms with Crippen molar-refractivity contribution in [2.75, 3.05) is 0 Å². The lowest BCUT2D eigenvalue weighted by Gasteiger charge is -2.32. The van der Waals surface area contributed by atoms with Crippen LogP contribution in [0.2, 0.25) is 0 Å². The molecule has 15 heavy (non-hydrogen) atoms. The van der Waals surface area contributed by atoms with E-state index in [1.54, 1.807) is 0 Å². The molecule has 0 saturated heterocycles. The zero-order valence-corrected chi connectivity index (χ0v) is 11.7. The van der Waals surface area contributed by atoms with Gasteiger partial charge in [-0.25, -0.2) is 0 Å². The van der Waals surface area contributed by atoms with Crippen molar-refractivity contribution in [3.8, 4) is 0 Å². The summed E-state index contributed by atoms with van der Waals surface area (Å²) in [6.07, 6.45) is 10.3. The standard InChI is InChI=1S/C13H26.C2H6/c1-4-7-12(5-2)13-9-6-8-11(3)10-13;1-2/h11-13H,4-10H2,1-3H3;1-2H3. The largest absolute Gasteiger partial charge is 0.0683 e. The summed E-state index contributed by atoms with van der Waals surface area (Å²) < 4.78 is 0. The maximum Gasteiger partial charge on any atom is -0.0383 e. The topological polar surface area (TPSA) is 0 Å². The summed E-state index contributed by atoms with van der Waals surface area (Å²) >= 11 is 0. The molecule has 0 amide bonds. The van der Waals surface area contributed by atoms with Crippen molar-refractivity contribution < 1.29 is 0 Å². The maximum atomic E-state index is 2.44. The zero-order valence-electron chi connectivity index (χ0n) is 11.7. The van der Waals surface area contributed by atoms with Crippen LogP contribution in [0.25, 0.3) is 0 Å². The van der Waals surface area contributed by atoms with Gasteiger partial charge in [0.15, 0.2) is 0 Å². The van der Waals surface area contributed by atoms with Crippen LogP contribution in [0.4, 0.5) is 0 Å². The highest BCUT2D eigenvalue weighted by atomic mass is 14.3. The van der Waals surface area contributed by atoms with Gasteiger partial charge in [-0.2, -0.15) is 0 Å². The molecule has 0 radical (unpaired) electrons. The van der Waals surface area contributed by atoms with Gasteiger partial charge in [-0.05, 0) is 24.2 Å². The summed E-state index contributed by atoms with van der Waals surface area (Å²) in [6.45, 7) is 11.1. The molecule has 0 spiro atoms. The summed E-state index contributed by atoms with van der Waals surface area (Å²) in [5.74, 6) is 3.10.